The smallest absolute Gasteiger partial charge is 0.261 e. The molecule has 0 bridgehead atoms. The lowest BCUT2D eigenvalue weighted by molar-refractivity contribution is -0.143. The Labute approximate surface area is 207 Å². The number of benzene rings is 3. The molecule has 0 saturated heterocycles. The Balaban J connectivity index is 1.87. The van der Waals surface area contributed by atoms with Crippen molar-refractivity contribution in [1.29, 1.82) is 0 Å². The van der Waals surface area contributed by atoms with E-state index in [9.17, 15) is 9.59 Å². The van der Waals surface area contributed by atoms with Crippen molar-refractivity contribution in [3.05, 3.63) is 95.6 Å². The first-order chi connectivity index (χ1) is 16.9. The van der Waals surface area contributed by atoms with Crippen molar-refractivity contribution in [2.75, 3.05) is 13.7 Å². The number of nitrogens with zero attached hydrogens (tertiary/aromatic N) is 1. The van der Waals surface area contributed by atoms with Crippen molar-refractivity contribution >= 4 is 11.8 Å². The quantitative estimate of drug-likeness (QED) is 0.443. The Morgan fingerprint density at radius 1 is 0.857 bits per heavy atom. The van der Waals surface area contributed by atoms with Crippen molar-refractivity contribution < 1.29 is 19.1 Å². The van der Waals surface area contributed by atoms with Crippen molar-refractivity contribution in [2.24, 2.45) is 0 Å². The highest BCUT2D eigenvalue weighted by Gasteiger charge is 2.31. The van der Waals surface area contributed by atoms with Gasteiger partial charge in [-0.3, -0.25) is 9.59 Å². The molecule has 1 atom stereocenters. The van der Waals surface area contributed by atoms with E-state index in [-0.39, 0.29) is 24.5 Å². The number of ether oxygens (including phenoxy) is 2. The van der Waals surface area contributed by atoms with Gasteiger partial charge < -0.3 is 19.7 Å². The summed E-state index contributed by atoms with van der Waals surface area (Å²) in [5.41, 5.74) is 3.06. The minimum absolute atomic E-state index is 0.0485. The maximum absolute atomic E-state index is 13.5. The first-order valence-electron chi connectivity index (χ1n) is 11.8. The zero-order chi connectivity index (χ0) is 25.2. The maximum Gasteiger partial charge on any atom is 0.261 e. The molecule has 184 valence electrons. The van der Waals surface area contributed by atoms with E-state index in [1.165, 1.54) is 0 Å². The Hall–Kier alpha value is -3.80. The van der Waals surface area contributed by atoms with E-state index in [1.807, 2.05) is 75.4 Å². The van der Waals surface area contributed by atoms with Crippen LogP contribution in [0.1, 0.15) is 30.5 Å². The minimum Gasteiger partial charge on any atom is -0.497 e. The second kappa shape index (κ2) is 12.6. The van der Waals surface area contributed by atoms with Crippen LogP contribution in [0.4, 0.5) is 0 Å². The number of hydrogen-bond donors (Lipinski definition) is 1. The number of rotatable bonds is 11. The predicted octanol–water partition coefficient (Wildman–Crippen LogP) is 4.55. The van der Waals surface area contributed by atoms with Gasteiger partial charge in [0, 0.05) is 19.0 Å². The van der Waals surface area contributed by atoms with Crippen LogP contribution in [-0.2, 0) is 22.6 Å². The Kier molecular flexibility index (Phi) is 9.30. The molecule has 1 unspecified atom stereocenters. The molecule has 6 heteroatoms. The highest BCUT2D eigenvalue weighted by Crippen LogP contribution is 2.19. The van der Waals surface area contributed by atoms with E-state index in [1.54, 1.807) is 36.3 Å². The molecule has 3 aromatic carbocycles. The van der Waals surface area contributed by atoms with Gasteiger partial charge in [-0.25, -0.2) is 0 Å². The van der Waals surface area contributed by atoms with Crippen molar-refractivity contribution in [1.82, 2.24) is 10.2 Å². The van der Waals surface area contributed by atoms with E-state index < -0.39 is 6.04 Å². The summed E-state index contributed by atoms with van der Waals surface area (Å²) in [6, 6.07) is 24.1. The first-order valence-corrected chi connectivity index (χ1v) is 11.8. The summed E-state index contributed by atoms with van der Waals surface area (Å²) in [5, 5.41) is 2.99. The Morgan fingerprint density at radius 2 is 1.49 bits per heavy atom. The standard InChI is InChI=1S/C29H34N2O4/c1-21(2)30-29(33)27(18-23-8-6-5-7-9-23)31(19-24-12-10-22(3)11-13-24)28(32)20-35-26-16-14-25(34-4)15-17-26/h5-17,21,27H,18-20H2,1-4H3,(H,30,33). The van der Waals surface area contributed by atoms with E-state index >= 15 is 0 Å². The molecular formula is C29H34N2O4. The van der Waals surface area contributed by atoms with Crippen LogP contribution in [0.5, 0.6) is 11.5 Å². The Morgan fingerprint density at radius 3 is 2.09 bits per heavy atom. The van der Waals surface area contributed by atoms with Gasteiger partial charge in [0.1, 0.15) is 17.5 Å². The molecule has 0 aliphatic heterocycles. The lowest BCUT2D eigenvalue weighted by Crippen LogP contribution is -2.52. The molecule has 0 fully saturated rings. The maximum atomic E-state index is 13.5. The van der Waals surface area contributed by atoms with Crippen LogP contribution in [0.3, 0.4) is 0 Å². The molecule has 0 radical (unpaired) electrons. The zero-order valence-corrected chi connectivity index (χ0v) is 20.9. The number of methoxy groups -OCH3 is 1. The fraction of sp³-hybridized carbons (Fsp3) is 0.310. The molecule has 2 amide bonds. The van der Waals surface area contributed by atoms with Gasteiger partial charge in [0.25, 0.3) is 5.91 Å². The van der Waals surface area contributed by atoms with Gasteiger partial charge in [0.05, 0.1) is 7.11 Å². The summed E-state index contributed by atoms with van der Waals surface area (Å²) in [5.74, 6) is 0.814. The van der Waals surface area contributed by atoms with Crippen molar-refractivity contribution in [2.45, 2.75) is 45.8 Å². The van der Waals surface area contributed by atoms with Gasteiger partial charge >= 0.3 is 0 Å². The lowest BCUT2D eigenvalue weighted by Gasteiger charge is -2.32. The van der Waals surface area contributed by atoms with Gasteiger partial charge in [-0.15, -0.1) is 0 Å². The van der Waals surface area contributed by atoms with E-state index in [0.717, 1.165) is 16.7 Å². The van der Waals surface area contributed by atoms with E-state index in [4.69, 9.17) is 9.47 Å². The Bertz CT molecular complexity index is 1080. The summed E-state index contributed by atoms with van der Waals surface area (Å²) in [6.07, 6.45) is 0.402. The third kappa shape index (κ3) is 7.88. The van der Waals surface area contributed by atoms with Gasteiger partial charge in [-0.05, 0) is 56.2 Å². The summed E-state index contributed by atoms with van der Waals surface area (Å²) in [7, 11) is 1.59. The fourth-order valence-electron chi connectivity index (χ4n) is 3.72. The molecule has 1 N–H and O–H groups in total. The lowest BCUT2D eigenvalue weighted by atomic mass is 10.0. The molecule has 0 saturated carbocycles. The van der Waals surface area contributed by atoms with Crippen molar-refractivity contribution in [3.63, 3.8) is 0 Å². The highest BCUT2D eigenvalue weighted by molar-refractivity contribution is 5.88. The summed E-state index contributed by atoms with van der Waals surface area (Å²) >= 11 is 0. The molecule has 0 aliphatic rings. The topological polar surface area (TPSA) is 67.9 Å². The van der Waals surface area contributed by atoms with Gasteiger partial charge in [0.15, 0.2) is 6.61 Å². The van der Waals surface area contributed by atoms with Crippen LogP contribution < -0.4 is 14.8 Å². The van der Waals surface area contributed by atoms with Gasteiger partial charge in [-0.2, -0.15) is 0 Å². The number of amides is 2. The third-order valence-corrected chi connectivity index (χ3v) is 5.60. The molecular weight excluding hydrogens is 440 g/mol. The van der Waals surface area contributed by atoms with Crippen molar-refractivity contribution in [3.8, 4) is 11.5 Å². The number of aryl methyl sites for hydroxylation is 1. The monoisotopic (exact) mass is 474 g/mol. The van der Waals surface area contributed by atoms with Crippen LogP contribution in [0, 0.1) is 6.92 Å². The number of carbonyl (C=O) groups excluding carboxylic acids is 2. The summed E-state index contributed by atoms with van der Waals surface area (Å²) in [4.78, 5) is 28.5. The van der Waals surface area contributed by atoms with Crippen LogP contribution in [-0.4, -0.2) is 42.5 Å². The van der Waals surface area contributed by atoms with E-state index in [2.05, 4.69) is 5.32 Å². The zero-order valence-electron chi connectivity index (χ0n) is 20.9. The van der Waals surface area contributed by atoms with Gasteiger partial charge in [0.2, 0.25) is 5.91 Å². The third-order valence-electron chi connectivity index (χ3n) is 5.60. The van der Waals surface area contributed by atoms with Crippen LogP contribution in [0.25, 0.3) is 0 Å². The average molecular weight is 475 g/mol. The van der Waals surface area contributed by atoms with Crippen LogP contribution in [0.15, 0.2) is 78.9 Å². The second-order valence-corrected chi connectivity index (χ2v) is 8.84. The van der Waals surface area contributed by atoms with E-state index in [0.29, 0.717) is 24.5 Å². The fourth-order valence-corrected chi connectivity index (χ4v) is 3.72. The van der Waals surface area contributed by atoms with Crippen LogP contribution >= 0.6 is 0 Å². The molecule has 0 heterocycles. The molecule has 3 rings (SSSR count). The molecule has 6 nitrogen and oxygen atoms in total. The molecule has 0 spiro atoms. The minimum atomic E-state index is -0.687. The molecule has 35 heavy (non-hydrogen) atoms. The number of nitrogens with one attached hydrogen (secondary N) is 1. The second-order valence-electron chi connectivity index (χ2n) is 8.84. The molecule has 3 aromatic rings. The molecule has 0 aliphatic carbocycles. The SMILES string of the molecule is COc1ccc(OCC(=O)N(Cc2ccc(C)cc2)C(Cc2ccccc2)C(=O)NC(C)C)cc1. The largest absolute Gasteiger partial charge is 0.497 e. The van der Waals surface area contributed by atoms with Crippen LogP contribution in [0.2, 0.25) is 0 Å². The number of hydrogen-bond acceptors (Lipinski definition) is 4. The average Bonchev–Trinajstić information content (AvgIpc) is 2.86. The van der Waals surface area contributed by atoms with Gasteiger partial charge in [-0.1, -0.05) is 60.2 Å². The highest BCUT2D eigenvalue weighted by atomic mass is 16.5. The normalized spacial score (nSPS) is 11.6. The molecule has 0 aromatic heterocycles. The first kappa shape index (κ1) is 25.8. The summed E-state index contributed by atoms with van der Waals surface area (Å²) < 4.78 is 11.0. The number of carbonyl (C=O) groups is 2. The predicted molar refractivity (Wildman–Crippen MR) is 137 cm³/mol. The summed E-state index contributed by atoms with van der Waals surface area (Å²) in [6.45, 7) is 5.96.